The molecule has 0 N–H and O–H groups in total. The number of fused-ring (bicyclic) bond motifs is 2. The minimum Gasteiger partial charge on any atom is -0.444 e. The van der Waals surface area contributed by atoms with Crippen molar-refractivity contribution in [2.24, 2.45) is 5.92 Å². The third kappa shape index (κ3) is 4.36. The van der Waals surface area contributed by atoms with Crippen molar-refractivity contribution in [1.82, 2.24) is 4.90 Å². The van der Waals surface area contributed by atoms with Crippen molar-refractivity contribution in [3.05, 3.63) is 54.1 Å². The highest BCUT2D eigenvalue weighted by Crippen LogP contribution is 2.54. The molecule has 5 rings (SSSR count). The van der Waals surface area contributed by atoms with Crippen molar-refractivity contribution < 1.29 is 23.6 Å². The van der Waals surface area contributed by atoms with E-state index in [0.717, 1.165) is 22.4 Å². The fourth-order valence-electron chi connectivity index (χ4n) is 6.35. The lowest BCUT2D eigenvalue weighted by Crippen LogP contribution is -2.53. The summed E-state index contributed by atoms with van der Waals surface area (Å²) in [4.78, 5) is 31.6. The predicted octanol–water partition coefficient (Wildman–Crippen LogP) is 5.57. The van der Waals surface area contributed by atoms with Crippen molar-refractivity contribution in [2.45, 2.75) is 97.0 Å². The molecular formula is C31H41BN2O5. The van der Waals surface area contributed by atoms with Crippen LogP contribution in [0.1, 0.15) is 74.3 Å². The van der Waals surface area contributed by atoms with Crippen molar-refractivity contribution in [2.75, 3.05) is 11.4 Å². The lowest BCUT2D eigenvalue weighted by atomic mass is 9.71. The largest absolute Gasteiger partial charge is 0.494 e. The summed E-state index contributed by atoms with van der Waals surface area (Å²) in [5.74, 6) is 0.0209. The van der Waals surface area contributed by atoms with Crippen molar-refractivity contribution in [3.8, 4) is 0 Å². The molecule has 0 radical (unpaired) electrons. The third-order valence-electron chi connectivity index (χ3n) is 8.71. The monoisotopic (exact) mass is 532 g/mol. The molecule has 7 nitrogen and oxygen atoms in total. The summed E-state index contributed by atoms with van der Waals surface area (Å²) in [7, 11) is -0.533. The lowest BCUT2D eigenvalue weighted by Gasteiger charge is -2.37. The van der Waals surface area contributed by atoms with Crippen LogP contribution in [0.3, 0.4) is 0 Å². The van der Waals surface area contributed by atoms with Crippen molar-refractivity contribution >= 4 is 36.0 Å². The number of rotatable bonds is 3. The molecule has 3 aliphatic rings. The highest BCUT2D eigenvalue weighted by Gasteiger charge is 2.62. The summed E-state index contributed by atoms with van der Waals surface area (Å²) in [6, 6.07) is 15.5. The van der Waals surface area contributed by atoms with E-state index in [1.165, 1.54) is 0 Å². The normalized spacial score (nSPS) is 25.6. The molecule has 2 amide bonds. The summed E-state index contributed by atoms with van der Waals surface area (Å²) >= 11 is 0. The Bertz CT molecular complexity index is 1280. The Morgan fingerprint density at radius 3 is 2.28 bits per heavy atom. The van der Waals surface area contributed by atoms with E-state index in [2.05, 4.69) is 13.8 Å². The molecule has 3 aliphatic heterocycles. The highest BCUT2D eigenvalue weighted by atomic mass is 16.7. The van der Waals surface area contributed by atoms with Gasteiger partial charge in [-0.15, -0.1) is 0 Å². The maximum Gasteiger partial charge on any atom is 0.494 e. The first-order chi connectivity index (χ1) is 18.1. The molecule has 2 atom stereocenters. The van der Waals surface area contributed by atoms with Crippen LogP contribution in [-0.4, -0.2) is 53.4 Å². The van der Waals surface area contributed by atoms with Gasteiger partial charge in [0.2, 0.25) is 5.91 Å². The number of ether oxygens (including phenoxy) is 1. The number of carbonyl (C=O) groups is 2. The Balaban J connectivity index is 1.56. The van der Waals surface area contributed by atoms with Crippen LogP contribution in [0, 0.1) is 5.92 Å². The molecule has 0 bridgehead atoms. The van der Waals surface area contributed by atoms with E-state index in [4.69, 9.17) is 14.0 Å². The number of nitrogens with zero attached hydrogens (tertiary/aromatic N) is 2. The Morgan fingerprint density at radius 2 is 1.67 bits per heavy atom. The summed E-state index contributed by atoms with van der Waals surface area (Å²) in [6.45, 7) is 18.3. The number of likely N-dealkylation sites (tertiary alicyclic amines) is 1. The van der Waals surface area contributed by atoms with E-state index >= 15 is 0 Å². The Morgan fingerprint density at radius 1 is 1.03 bits per heavy atom. The molecule has 2 saturated heterocycles. The molecule has 2 aromatic rings. The number of carbonyl (C=O) groups excluding carboxylic acids is 2. The molecule has 1 unspecified atom stereocenters. The van der Waals surface area contributed by atoms with Gasteiger partial charge in [-0.2, -0.15) is 0 Å². The number of amides is 2. The molecule has 0 aliphatic carbocycles. The van der Waals surface area contributed by atoms with Gasteiger partial charge in [0, 0.05) is 12.2 Å². The van der Waals surface area contributed by atoms with Crippen LogP contribution >= 0.6 is 0 Å². The van der Waals surface area contributed by atoms with Gasteiger partial charge in [-0.3, -0.25) is 9.69 Å². The van der Waals surface area contributed by atoms with Crippen LogP contribution in [0.25, 0.3) is 0 Å². The zero-order valence-corrected chi connectivity index (χ0v) is 24.7. The second-order valence-electron chi connectivity index (χ2n) is 13.4. The number of para-hydroxylation sites is 1. The van der Waals surface area contributed by atoms with Gasteiger partial charge in [0.15, 0.2) is 0 Å². The zero-order valence-electron chi connectivity index (χ0n) is 24.7. The molecule has 0 aromatic heterocycles. The maximum absolute atomic E-state index is 14.7. The average Bonchev–Trinajstić information content (AvgIpc) is 3.42. The quantitative estimate of drug-likeness (QED) is 0.484. The van der Waals surface area contributed by atoms with Gasteiger partial charge in [-0.05, 0) is 90.0 Å². The second-order valence-corrected chi connectivity index (χ2v) is 13.4. The fourth-order valence-corrected chi connectivity index (χ4v) is 6.35. The second kappa shape index (κ2) is 9.10. The summed E-state index contributed by atoms with van der Waals surface area (Å²) in [6.07, 6.45) is 0.169. The molecule has 2 aromatic carbocycles. The van der Waals surface area contributed by atoms with Crippen LogP contribution in [0.15, 0.2) is 48.5 Å². The highest BCUT2D eigenvalue weighted by molar-refractivity contribution is 6.62. The molecular weight excluding hydrogens is 491 g/mol. The van der Waals surface area contributed by atoms with E-state index in [1.54, 1.807) is 4.90 Å². The van der Waals surface area contributed by atoms with E-state index < -0.39 is 29.3 Å². The smallest absolute Gasteiger partial charge is 0.444 e. The number of hydrogen-bond donors (Lipinski definition) is 0. The molecule has 3 heterocycles. The van der Waals surface area contributed by atoms with Gasteiger partial charge in [-0.25, -0.2) is 4.79 Å². The fraction of sp³-hybridized carbons (Fsp3) is 0.548. The number of hydrogen-bond acceptors (Lipinski definition) is 5. The van der Waals surface area contributed by atoms with Gasteiger partial charge in [0.25, 0.3) is 0 Å². The van der Waals surface area contributed by atoms with Gasteiger partial charge in [0.05, 0.1) is 28.3 Å². The standard InChI is InChI=1S/C31H41BN2O5/c1-20(2)25-31(17-18-33(25)27(36)37-28(3,4)5)23-15-10-11-16-24(23)34(26(31)35)22-14-12-13-21(19-22)32-38-29(6,7)30(8,9)39-32/h10-16,19-20,25H,17-18H2,1-9H3/t25?,31-/m0/s1. The molecule has 2 fully saturated rings. The zero-order chi connectivity index (χ0) is 28.5. The third-order valence-corrected chi connectivity index (χ3v) is 8.71. The topological polar surface area (TPSA) is 68.3 Å². The van der Waals surface area contributed by atoms with Crippen molar-refractivity contribution in [1.29, 1.82) is 0 Å². The molecule has 1 spiro atoms. The van der Waals surface area contributed by atoms with Gasteiger partial charge in [0.1, 0.15) is 5.60 Å². The van der Waals surface area contributed by atoms with E-state index in [1.807, 2.05) is 102 Å². The van der Waals surface area contributed by atoms with E-state index in [9.17, 15) is 9.59 Å². The Labute approximate surface area is 232 Å². The number of benzene rings is 2. The van der Waals surface area contributed by atoms with Crippen LogP contribution in [0.2, 0.25) is 0 Å². The summed E-state index contributed by atoms with van der Waals surface area (Å²) < 4.78 is 18.4. The minimum atomic E-state index is -0.859. The molecule has 208 valence electrons. The predicted molar refractivity (Wildman–Crippen MR) is 154 cm³/mol. The first-order valence-corrected chi connectivity index (χ1v) is 14.0. The number of anilines is 2. The van der Waals surface area contributed by atoms with Crippen LogP contribution in [-0.2, 0) is 24.3 Å². The van der Waals surface area contributed by atoms with E-state index in [0.29, 0.717) is 13.0 Å². The van der Waals surface area contributed by atoms with Crippen LogP contribution < -0.4 is 10.4 Å². The van der Waals surface area contributed by atoms with E-state index in [-0.39, 0.29) is 24.0 Å². The minimum absolute atomic E-state index is 0.0143. The lowest BCUT2D eigenvalue weighted by molar-refractivity contribution is -0.123. The first kappa shape index (κ1) is 27.7. The summed E-state index contributed by atoms with van der Waals surface area (Å²) in [5, 5.41) is 0. The van der Waals surface area contributed by atoms with Gasteiger partial charge >= 0.3 is 13.2 Å². The SMILES string of the molecule is CC(C)C1N(C(=O)OC(C)(C)C)CC[C@@]12C(=O)N(c1cccc(B3OC(C)(C)C(C)(C)O3)c1)c1ccccc12. The van der Waals surface area contributed by atoms with Crippen LogP contribution in [0.4, 0.5) is 16.2 Å². The van der Waals surface area contributed by atoms with Crippen molar-refractivity contribution in [3.63, 3.8) is 0 Å². The van der Waals surface area contributed by atoms with Crippen LogP contribution in [0.5, 0.6) is 0 Å². The average molecular weight is 532 g/mol. The molecule has 8 heteroatoms. The Hall–Kier alpha value is -2.84. The van der Waals surface area contributed by atoms with Gasteiger partial charge < -0.3 is 18.9 Å². The first-order valence-electron chi connectivity index (χ1n) is 14.0. The van der Waals surface area contributed by atoms with Gasteiger partial charge in [-0.1, -0.05) is 44.2 Å². The maximum atomic E-state index is 14.7. The molecule has 39 heavy (non-hydrogen) atoms. The Kier molecular flexibility index (Phi) is 6.47. The summed E-state index contributed by atoms with van der Waals surface area (Å²) in [5.41, 5.74) is 1.02. The molecule has 0 saturated carbocycles.